The second kappa shape index (κ2) is 5.30. The Morgan fingerprint density at radius 3 is 3.00 bits per heavy atom. The third-order valence-corrected chi connectivity index (χ3v) is 4.14. The monoisotopic (exact) mass is 313 g/mol. The zero-order chi connectivity index (χ0) is 14.9. The molecule has 0 bridgehead atoms. The van der Waals surface area contributed by atoms with Crippen LogP contribution in [0, 0.1) is 0 Å². The van der Waals surface area contributed by atoms with Crippen LogP contribution in [0.15, 0.2) is 56.9 Å². The van der Waals surface area contributed by atoms with Crippen LogP contribution in [0.5, 0.6) is 0 Å². The molecule has 4 aromatic rings. The van der Waals surface area contributed by atoms with Gasteiger partial charge in [-0.25, -0.2) is 0 Å². The standard InChI is InChI=1S/C14H11N5O2S/c1-9(13-15-12(18-21-13)10-5-4-8-20-10)22-14-17-16-11-6-2-3-7-19(11)14/h2-9H,1H3. The molecule has 0 saturated heterocycles. The summed E-state index contributed by atoms with van der Waals surface area (Å²) >= 11 is 1.51. The van der Waals surface area contributed by atoms with E-state index in [0.29, 0.717) is 17.5 Å². The highest BCUT2D eigenvalue weighted by atomic mass is 32.2. The van der Waals surface area contributed by atoms with Crippen LogP contribution in [0.2, 0.25) is 0 Å². The summed E-state index contributed by atoms with van der Waals surface area (Å²) in [6.45, 7) is 1.98. The Bertz CT molecular complexity index is 899. The van der Waals surface area contributed by atoms with Crippen molar-refractivity contribution in [2.24, 2.45) is 0 Å². The normalized spacial score (nSPS) is 12.8. The maximum atomic E-state index is 5.31. The quantitative estimate of drug-likeness (QED) is 0.535. The summed E-state index contributed by atoms with van der Waals surface area (Å²) in [4.78, 5) is 4.36. The number of hydrogen-bond acceptors (Lipinski definition) is 7. The van der Waals surface area contributed by atoms with Gasteiger partial charge < -0.3 is 8.94 Å². The lowest BCUT2D eigenvalue weighted by molar-refractivity contribution is 0.379. The molecule has 0 spiro atoms. The second-order valence-corrected chi connectivity index (χ2v) is 5.91. The van der Waals surface area contributed by atoms with Gasteiger partial charge in [0.2, 0.25) is 11.7 Å². The molecule has 1 atom stereocenters. The predicted molar refractivity (Wildman–Crippen MR) is 79.3 cm³/mol. The molecule has 0 saturated carbocycles. The van der Waals surface area contributed by atoms with Crippen LogP contribution >= 0.6 is 11.8 Å². The molecule has 0 amide bonds. The molecule has 4 heterocycles. The summed E-state index contributed by atoms with van der Waals surface area (Å²) in [5.74, 6) is 1.54. The lowest BCUT2D eigenvalue weighted by Gasteiger charge is -2.03. The van der Waals surface area contributed by atoms with E-state index >= 15 is 0 Å². The van der Waals surface area contributed by atoms with Crippen LogP contribution in [0.1, 0.15) is 18.1 Å². The Hall–Kier alpha value is -2.61. The summed E-state index contributed by atoms with van der Waals surface area (Å²) in [6, 6.07) is 9.34. The Kier molecular flexibility index (Phi) is 3.15. The van der Waals surface area contributed by atoms with Crippen LogP contribution in [0.4, 0.5) is 0 Å². The maximum Gasteiger partial charge on any atom is 0.240 e. The molecule has 1 unspecified atom stereocenters. The lowest BCUT2D eigenvalue weighted by Crippen LogP contribution is -1.92. The van der Waals surface area contributed by atoms with E-state index in [1.807, 2.05) is 35.7 Å². The smallest absolute Gasteiger partial charge is 0.240 e. The van der Waals surface area contributed by atoms with E-state index in [9.17, 15) is 0 Å². The van der Waals surface area contributed by atoms with Crippen molar-refractivity contribution in [3.05, 3.63) is 48.7 Å². The second-order valence-electron chi connectivity index (χ2n) is 4.61. The van der Waals surface area contributed by atoms with Crippen LogP contribution < -0.4 is 0 Å². The predicted octanol–water partition coefficient (Wildman–Crippen LogP) is 3.23. The van der Waals surface area contributed by atoms with E-state index in [1.165, 1.54) is 11.8 Å². The molecule has 0 radical (unpaired) electrons. The average molecular weight is 313 g/mol. The number of pyridine rings is 1. The minimum atomic E-state index is -0.0520. The minimum absolute atomic E-state index is 0.0520. The largest absolute Gasteiger partial charge is 0.461 e. The van der Waals surface area contributed by atoms with Gasteiger partial charge in [-0.05, 0) is 31.2 Å². The number of nitrogens with zero attached hydrogens (tertiary/aromatic N) is 5. The molecule has 0 aliphatic rings. The topological polar surface area (TPSA) is 82.2 Å². The summed E-state index contributed by atoms with van der Waals surface area (Å²) in [6.07, 6.45) is 3.50. The molecule has 110 valence electrons. The molecule has 0 aromatic carbocycles. The minimum Gasteiger partial charge on any atom is -0.461 e. The van der Waals surface area contributed by atoms with Crippen molar-refractivity contribution < 1.29 is 8.94 Å². The molecule has 4 rings (SSSR count). The molecular weight excluding hydrogens is 302 g/mol. The highest BCUT2D eigenvalue weighted by Crippen LogP contribution is 2.33. The molecule has 0 aliphatic heterocycles. The van der Waals surface area contributed by atoms with Crippen molar-refractivity contribution >= 4 is 17.4 Å². The summed E-state index contributed by atoms with van der Waals surface area (Å²) in [7, 11) is 0. The molecular formula is C14H11N5O2S. The average Bonchev–Trinajstić information content (AvgIpc) is 3.28. The van der Waals surface area contributed by atoms with Gasteiger partial charge in [0.25, 0.3) is 0 Å². The first kappa shape index (κ1) is 13.1. The van der Waals surface area contributed by atoms with Gasteiger partial charge in [0.15, 0.2) is 16.6 Å². The van der Waals surface area contributed by atoms with E-state index in [2.05, 4.69) is 20.3 Å². The zero-order valence-electron chi connectivity index (χ0n) is 11.6. The molecule has 7 nitrogen and oxygen atoms in total. The number of aromatic nitrogens is 5. The fourth-order valence-corrected chi connectivity index (χ4v) is 2.88. The van der Waals surface area contributed by atoms with Crippen molar-refractivity contribution in [3.63, 3.8) is 0 Å². The summed E-state index contributed by atoms with van der Waals surface area (Å²) < 4.78 is 12.5. The third-order valence-electron chi connectivity index (χ3n) is 3.10. The van der Waals surface area contributed by atoms with Crippen LogP contribution in [0.25, 0.3) is 17.2 Å². The van der Waals surface area contributed by atoms with E-state index in [0.717, 1.165) is 10.8 Å². The number of rotatable bonds is 4. The van der Waals surface area contributed by atoms with Gasteiger partial charge in [0, 0.05) is 6.20 Å². The first-order valence-corrected chi connectivity index (χ1v) is 7.53. The Balaban J connectivity index is 1.58. The fourth-order valence-electron chi connectivity index (χ4n) is 2.01. The lowest BCUT2D eigenvalue weighted by atomic mass is 10.4. The van der Waals surface area contributed by atoms with Gasteiger partial charge in [0.1, 0.15) is 0 Å². The van der Waals surface area contributed by atoms with Crippen LogP contribution in [0.3, 0.4) is 0 Å². The maximum absolute atomic E-state index is 5.31. The van der Waals surface area contributed by atoms with E-state index in [1.54, 1.807) is 18.4 Å². The Labute approximate surface area is 129 Å². The van der Waals surface area contributed by atoms with Gasteiger partial charge >= 0.3 is 0 Å². The van der Waals surface area contributed by atoms with E-state index in [-0.39, 0.29) is 5.25 Å². The number of thioether (sulfide) groups is 1. The van der Waals surface area contributed by atoms with Crippen molar-refractivity contribution in [3.8, 4) is 11.6 Å². The fraction of sp³-hybridized carbons (Fsp3) is 0.143. The van der Waals surface area contributed by atoms with E-state index in [4.69, 9.17) is 8.94 Å². The summed E-state index contributed by atoms with van der Waals surface area (Å²) in [5, 5.41) is 13.0. The first-order chi connectivity index (χ1) is 10.8. The number of fused-ring (bicyclic) bond motifs is 1. The number of hydrogen-bond donors (Lipinski definition) is 0. The molecule has 0 aliphatic carbocycles. The first-order valence-electron chi connectivity index (χ1n) is 6.65. The van der Waals surface area contributed by atoms with Gasteiger partial charge in [-0.2, -0.15) is 4.98 Å². The van der Waals surface area contributed by atoms with Gasteiger partial charge in [0.05, 0.1) is 11.5 Å². The van der Waals surface area contributed by atoms with Crippen molar-refractivity contribution in [2.45, 2.75) is 17.3 Å². The van der Waals surface area contributed by atoms with Crippen LogP contribution in [-0.4, -0.2) is 24.7 Å². The summed E-state index contributed by atoms with van der Waals surface area (Å²) in [5.41, 5.74) is 0.805. The molecule has 0 fully saturated rings. The molecule has 8 heteroatoms. The molecule has 0 N–H and O–H groups in total. The SMILES string of the molecule is CC(Sc1nnc2ccccn12)c1nc(-c2ccco2)no1. The van der Waals surface area contributed by atoms with Gasteiger partial charge in [-0.15, -0.1) is 10.2 Å². The van der Waals surface area contributed by atoms with E-state index < -0.39 is 0 Å². The third kappa shape index (κ3) is 2.27. The number of furan rings is 1. The van der Waals surface area contributed by atoms with Gasteiger partial charge in [-0.1, -0.05) is 23.0 Å². The van der Waals surface area contributed by atoms with Crippen molar-refractivity contribution in [1.29, 1.82) is 0 Å². The highest BCUT2D eigenvalue weighted by molar-refractivity contribution is 7.99. The zero-order valence-corrected chi connectivity index (χ0v) is 12.4. The van der Waals surface area contributed by atoms with Crippen molar-refractivity contribution in [2.75, 3.05) is 0 Å². The van der Waals surface area contributed by atoms with Crippen molar-refractivity contribution in [1.82, 2.24) is 24.7 Å². The Morgan fingerprint density at radius 1 is 1.18 bits per heavy atom. The molecule has 22 heavy (non-hydrogen) atoms. The van der Waals surface area contributed by atoms with Gasteiger partial charge in [-0.3, -0.25) is 4.40 Å². The highest BCUT2D eigenvalue weighted by Gasteiger charge is 2.19. The Morgan fingerprint density at radius 2 is 2.14 bits per heavy atom. The van der Waals surface area contributed by atoms with Crippen LogP contribution in [-0.2, 0) is 0 Å². The molecule has 4 aromatic heterocycles.